The van der Waals surface area contributed by atoms with E-state index < -0.39 is 0 Å². The van der Waals surface area contributed by atoms with E-state index in [0.29, 0.717) is 5.01 Å². The summed E-state index contributed by atoms with van der Waals surface area (Å²) in [5.74, 6) is -0.172. The standard InChI is InChI=1S/C8H7N3OS/c12-7(8-10-3-4-13-8)11-6-1-2-9-5-6/h1-5,9H,(H,11,12). The molecular weight excluding hydrogens is 186 g/mol. The average Bonchev–Trinajstić information content (AvgIpc) is 2.74. The van der Waals surface area contributed by atoms with Crippen LogP contribution in [0.3, 0.4) is 0 Å². The number of hydrogen-bond acceptors (Lipinski definition) is 3. The number of hydrogen-bond donors (Lipinski definition) is 2. The van der Waals surface area contributed by atoms with Gasteiger partial charge in [0.15, 0.2) is 5.01 Å². The molecule has 0 saturated heterocycles. The first-order chi connectivity index (χ1) is 6.36. The highest BCUT2D eigenvalue weighted by Crippen LogP contribution is 2.09. The Balaban J connectivity index is 2.08. The van der Waals surface area contributed by atoms with Gasteiger partial charge in [-0.25, -0.2) is 4.98 Å². The number of anilines is 1. The fourth-order valence-corrected chi connectivity index (χ4v) is 1.45. The van der Waals surface area contributed by atoms with E-state index in [-0.39, 0.29) is 5.91 Å². The predicted molar refractivity (Wildman–Crippen MR) is 50.9 cm³/mol. The fourth-order valence-electron chi connectivity index (χ4n) is 0.922. The van der Waals surface area contributed by atoms with Crippen LogP contribution < -0.4 is 5.32 Å². The molecule has 1 amide bonds. The zero-order valence-corrected chi connectivity index (χ0v) is 7.47. The van der Waals surface area contributed by atoms with Gasteiger partial charge in [-0.05, 0) is 6.07 Å². The second-order valence-electron chi connectivity index (χ2n) is 2.39. The molecule has 0 bridgehead atoms. The molecular formula is C8H7N3OS. The summed E-state index contributed by atoms with van der Waals surface area (Å²) in [5, 5.41) is 4.95. The topological polar surface area (TPSA) is 57.8 Å². The van der Waals surface area contributed by atoms with Gasteiger partial charge in [-0.15, -0.1) is 11.3 Å². The molecule has 2 rings (SSSR count). The van der Waals surface area contributed by atoms with Gasteiger partial charge in [0.25, 0.3) is 5.91 Å². The van der Waals surface area contributed by atoms with E-state index in [4.69, 9.17) is 0 Å². The second kappa shape index (κ2) is 3.40. The summed E-state index contributed by atoms with van der Waals surface area (Å²) in [4.78, 5) is 18.1. The first-order valence-corrected chi connectivity index (χ1v) is 4.58. The average molecular weight is 193 g/mol. The number of nitrogens with zero attached hydrogens (tertiary/aromatic N) is 1. The number of rotatable bonds is 2. The zero-order chi connectivity index (χ0) is 9.10. The molecule has 66 valence electrons. The van der Waals surface area contributed by atoms with Crippen LogP contribution in [0.2, 0.25) is 0 Å². The van der Waals surface area contributed by atoms with Crippen LogP contribution in [-0.2, 0) is 0 Å². The molecule has 0 aromatic carbocycles. The maximum absolute atomic E-state index is 11.4. The van der Waals surface area contributed by atoms with Gasteiger partial charge in [0, 0.05) is 24.0 Å². The maximum atomic E-state index is 11.4. The van der Waals surface area contributed by atoms with Crippen molar-refractivity contribution in [2.45, 2.75) is 0 Å². The summed E-state index contributed by atoms with van der Waals surface area (Å²) in [5.41, 5.74) is 0.750. The molecule has 0 aliphatic rings. The van der Waals surface area contributed by atoms with Crippen LogP contribution in [0.5, 0.6) is 0 Å². The SMILES string of the molecule is O=C(Nc1cc[nH]c1)c1nccs1. The van der Waals surface area contributed by atoms with Crippen molar-refractivity contribution in [3.8, 4) is 0 Å². The van der Waals surface area contributed by atoms with Crippen LogP contribution in [0, 0.1) is 0 Å². The van der Waals surface area contributed by atoms with Crippen LogP contribution in [0.1, 0.15) is 9.80 Å². The predicted octanol–water partition coefficient (Wildman–Crippen LogP) is 1.72. The van der Waals surface area contributed by atoms with Crippen molar-refractivity contribution in [1.82, 2.24) is 9.97 Å². The largest absolute Gasteiger partial charge is 0.366 e. The molecule has 2 aromatic rings. The number of H-pyrrole nitrogens is 1. The van der Waals surface area contributed by atoms with E-state index in [0.717, 1.165) is 5.69 Å². The van der Waals surface area contributed by atoms with E-state index in [2.05, 4.69) is 15.3 Å². The van der Waals surface area contributed by atoms with Crippen molar-refractivity contribution in [3.05, 3.63) is 35.0 Å². The fraction of sp³-hybridized carbons (Fsp3) is 0. The zero-order valence-electron chi connectivity index (χ0n) is 6.65. The lowest BCUT2D eigenvalue weighted by Gasteiger charge is -1.97. The smallest absolute Gasteiger partial charge is 0.284 e. The molecule has 4 nitrogen and oxygen atoms in total. The van der Waals surface area contributed by atoms with E-state index in [1.807, 2.05) is 0 Å². The summed E-state index contributed by atoms with van der Waals surface area (Å²) in [6, 6.07) is 1.78. The maximum Gasteiger partial charge on any atom is 0.284 e. The first kappa shape index (κ1) is 8.00. The number of thiazole rings is 1. The third-order valence-electron chi connectivity index (χ3n) is 1.48. The van der Waals surface area contributed by atoms with Crippen LogP contribution in [0.4, 0.5) is 5.69 Å². The molecule has 0 spiro atoms. The molecule has 13 heavy (non-hydrogen) atoms. The van der Waals surface area contributed by atoms with E-state index in [9.17, 15) is 4.79 Å². The van der Waals surface area contributed by atoms with Crippen molar-refractivity contribution in [2.24, 2.45) is 0 Å². The number of aromatic amines is 1. The van der Waals surface area contributed by atoms with E-state index >= 15 is 0 Å². The summed E-state index contributed by atoms with van der Waals surface area (Å²) in [6.07, 6.45) is 5.07. The molecule has 0 unspecified atom stereocenters. The van der Waals surface area contributed by atoms with Gasteiger partial charge in [0.1, 0.15) is 0 Å². The molecule has 2 heterocycles. The highest BCUT2D eigenvalue weighted by atomic mass is 32.1. The van der Waals surface area contributed by atoms with Gasteiger partial charge in [0.2, 0.25) is 0 Å². The Morgan fingerprint density at radius 2 is 2.54 bits per heavy atom. The van der Waals surface area contributed by atoms with Crippen molar-refractivity contribution in [2.75, 3.05) is 5.32 Å². The molecule has 0 aliphatic heterocycles. The number of carbonyl (C=O) groups excluding carboxylic acids is 1. The van der Waals surface area contributed by atoms with E-state index in [1.165, 1.54) is 11.3 Å². The molecule has 5 heteroatoms. The number of amides is 1. The number of aromatic nitrogens is 2. The van der Waals surface area contributed by atoms with E-state index in [1.54, 1.807) is 30.0 Å². The number of nitrogens with one attached hydrogen (secondary N) is 2. The van der Waals surface area contributed by atoms with Crippen molar-refractivity contribution in [3.63, 3.8) is 0 Å². The highest BCUT2D eigenvalue weighted by Gasteiger charge is 2.07. The molecule has 0 saturated carbocycles. The highest BCUT2D eigenvalue weighted by molar-refractivity contribution is 7.11. The Bertz CT molecular complexity index is 379. The lowest BCUT2D eigenvalue weighted by molar-refractivity contribution is 0.102. The third-order valence-corrected chi connectivity index (χ3v) is 2.25. The molecule has 0 aliphatic carbocycles. The quantitative estimate of drug-likeness (QED) is 0.763. The summed E-state index contributed by atoms with van der Waals surface area (Å²) in [6.45, 7) is 0. The Morgan fingerprint density at radius 3 is 3.15 bits per heavy atom. The Hall–Kier alpha value is -1.62. The van der Waals surface area contributed by atoms with Gasteiger partial charge in [-0.1, -0.05) is 0 Å². The van der Waals surface area contributed by atoms with Gasteiger partial charge in [-0.3, -0.25) is 4.79 Å². The normalized spacial score (nSPS) is 9.85. The number of carbonyl (C=O) groups is 1. The molecule has 0 atom stereocenters. The molecule has 0 fully saturated rings. The monoisotopic (exact) mass is 193 g/mol. The minimum atomic E-state index is -0.172. The van der Waals surface area contributed by atoms with Gasteiger partial charge in [-0.2, -0.15) is 0 Å². The Morgan fingerprint density at radius 1 is 1.62 bits per heavy atom. The van der Waals surface area contributed by atoms with Crippen LogP contribution >= 0.6 is 11.3 Å². The third kappa shape index (κ3) is 1.75. The minimum Gasteiger partial charge on any atom is -0.366 e. The molecule has 2 aromatic heterocycles. The van der Waals surface area contributed by atoms with Crippen molar-refractivity contribution < 1.29 is 4.79 Å². The van der Waals surface area contributed by atoms with Crippen LogP contribution in [-0.4, -0.2) is 15.9 Å². The van der Waals surface area contributed by atoms with Crippen molar-refractivity contribution in [1.29, 1.82) is 0 Å². The van der Waals surface area contributed by atoms with Gasteiger partial charge >= 0.3 is 0 Å². The molecule has 0 radical (unpaired) electrons. The van der Waals surface area contributed by atoms with Crippen LogP contribution in [0.15, 0.2) is 30.0 Å². The minimum absolute atomic E-state index is 0.172. The van der Waals surface area contributed by atoms with Crippen LogP contribution in [0.25, 0.3) is 0 Å². The second-order valence-corrected chi connectivity index (χ2v) is 3.29. The lowest BCUT2D eigenvalue weighted by atomic mass is 10.5. The van der Waals surface area contributed by atoms with Crippen molar-refractivity contribution >= 4 is 22.9 Å². The first-order valence-electron chi connectivity index (χ1n) is 3.70. The van der Waals surface area contributed by atoms with Gasteiger partial charge < -0.3 is 10.3 Å². The molecule has 2 N–H and O–H groups in total. The summed E-state index contributed by atoms with van der Waals surface area (Å²) >= 11 is 1.32. The Kier molecular flexibility index (Phi) is 2.09. The summed E-state index contributed by atoms with van der Waals surface area (Å²) in [7, 11) is 0. The Labute approximate surface area is 78.6 Å². The lowest BCUT2D eigenvalue weighted by Crippen LogP contribution is -2.10. The summed E-state index contributed by atoms with van der Waals surface area (Å²) < 4.78 is 0. The van der Waals surface area contributed by atoms with Gasteiger partial charge in [0.05, 0.1) is 5.69 Å².